The number of hydrogen-bond acceptors (Lipinski definition) is 1. The van der Waals surface area contributed by atoms with Gasteiger partial charge in [-0.05, 0) is 19.1 Å². The molecule has 2 aliphatic heterocycles. The summed E-state index contributed by atoms with van der Waals surface area (Å²) >= 11 is 2.11. The maximum atomic E-state index is 2.40. The molecule has 0 amide bonds. The zero-order valence-corrected chi connectivity index (χ0v) is 11.6. The van der Waals surface area contributed by atoms with Crippen molar-refractivity contribution in [2.24, 2.45) is 0 Å². The van der Waals surface area contributed by atoms with Gasteiger partial charge in [0.1, 0.15) is 0 Å². The molecule has 1 nitrogen and oxygen atoms in total. The third-order valence-electron chi connectivity index (χ3n) is 4.54. The van der Waals surface area contributed by atoms with E-state index >= 15 is 0 Å². The van der Waals surface area contributed by atoms with Crippen molar-refractivity contribution in [1.29, 1.82) is 0 Å². The highest BCUT2D eigenvalue weighted by Gasteiger charge is 2.42. The van der Waals surface area contributed by atoms with Crippen LogP contribution in [0.25, 0.3) is 0 Å². The predicted octanol–water partition coefficient (Wildman–Crippen LogP) is 2.30. The number of hydrogen-bond donors (Lipinski definition) is 1. The molecule has 1 aromatic rings. The van der Waals surface area contributed by atoms with Crippen molar-refractivity contribution in [2.75, 3.05) is 7.05 Å². The summed E-state index contributed by atoms with van der Waals surface area (Å²) in [5.41, 5.74) is 1.39. The van der Waals surface area contributed by atoms with E-state index in [9.17, 15) is 0 Å². The number of thioether (sulfide) groups is 1. The summed E-state index contributed by atoms with van der Waals surface area (Å²) < 4.78 is 0. The van der Waals surface area contributed by atoms with Gasteiger partial charge in [0, 0.05) is 35.8 Å². The minimum atomic E-state index is 0.859. The zero-order chi connectivity index (χ0) is 11.8. The number of aryl methyl sites for hydroxylation is 1. The molecule has 1 N–H and O–H groups in total. The normalized spacial score (nSPS) is 36.1. The van der Waals surface area contributed by atoms with Gasteiger partial charge in [0.05, 0.1) is 19.1 Å². The minimum Gasteiger partial charge on any atom is -0.332 e. The molecule has 2 heteroatoms. The van der Waals surface area contributed by atoms with Gasteiger partial charge in [-0.3, -0.25) is 0 Å². The van der Waals surface area contributed by atoms with Gasteiger partial charge in [0.25, 0.3) is 0 Å². The number of rotatable bonds is 2. The Hall–Kier alpha value is -0.470. The van der Waals surface area contributed by atoms with Crippen molar-refractivity contribution in [3.8, 4) is 0 Å². The largest absolute Gasteiger partial charge is 0.332 e. The summed E-state index contributed by atoms with van der Waals surface area (Å²) in [5, 5.41) is 0.859. The van der Waals surface area contributed by atoms with Gasteiger partial charge in [0.15, 0.2) is 0 Å². The molecule has 0 aromatic heterocycles. The highest BCUT2D eigenvalue weighted by molar-refractivity contribution is 8.00. The second kappa shape index (κ2) is 4.66. The molecule has 1 aromatic carbocycles. The van der Waals surface area contributed by atoms with Crippen LogP contribution in [0.5, 0.6) is 0 Å². The topological polar surface area (TPSA) is 4.44 Å². The zero-order valence-electron chi connectivity index (χ0n) is 10.8. The highest BCUT2D eigenvalue weighted by atomic mass is 32.2. The molecular formula is C15H22NS+. The Balaban J connectivity index is 1.67. The van der Waals surface area contributed by atoms with Crippen LogP contribution < -0.4 is 4.90 Å². The van der Waals surface area contributed by atoms with Crippen LogP contribution in [0.4, 0.5) is 0 Å². The molecule has 4 atom stereocenters. The van der Waals surface area contributed by atoms with E-state index in [2.05, 4.69) is 50.0 Å². The second-order valence-electron chi connectivity index (χ2n) is 5.74. The van der Waals surface area contributed by atoms with Crippen molar-refractivity contribution < 1.29 is 4.90 Å². The van der Waals surface area contributed by atoms with E-state index in [0.29, 0.717) is 0 Å². The summed E-state index contributed by atoms with van der Waals surface area (Å²) in [7, 11) is 2.40. The first-order chi connectivity index (χ1) is 8.22. The maximum Gasteiger partial charge on any atom is 0.0887 e. The molecule has 17 heavy (non-hydrogen) atoms. The third-order valence-corrected chi connectivity index (χ3v) is 5.78. The lowest BCUT2D eigenvalue weighted by Crippen LogP contribution is -3.15. The molecular weight excluding hydrogens is 226 g/mol. The Labute approximate surface area is 109 Å². The van der Waals surface area contributed by atoms with Gasteiger partial charge in [-0.2, -0.15) is 0 Å². The van der Waals surface area contributed by atoms with Gasteiger partial charge < -0.3 is 4.90 Å². The van der Waals surface area contributed by atoms with E-state index < -0.39 is 0 Å². The fourth-order valence-corrected chi connectivity index (χ4v) is 4.96. The molecule has 0 spiro atoms. The van der Waals surface area contributed by atoms with Crippen molar-refractivity contribution in [3.05, 3.63) is 29.8 Å². The average Bonchev–Trinajstić information content (AvgIpc) is 2.52. The van der Waals surface area contributed by atoms with Crippen LogP contribution in [0, 0.1) is 6.92 Å². The number of fused-ring (bicyclic) bond motifs is 2. The first kappa shape index (κ1) is 11.6. The summed E-state index contributed by atoms with van der Waals surface area (Å²) in [6, 6.07) is 10.9. The molecule has 0 aliphatic carbocycles. The molecule has 2 saturated heterocycles. The van der Waals surface area contributed by atoms with Crippen LogP contribution in [0.3, 0.4) is 0 Å². The summed E-state index contributed by atoms with van der Waals surface area (Å²) in [4.78, 5) is 3.28. The number of piperidine rings is 1. The molecule has 2 bridgehead atoms. The molecule has 2 unspecified atom stereocenters. The Bertz CT molecular complexity index is 390. The molecule has 0 saturated carbocycles. The lowest BCUT2D eigenvalue weighted by Gasteiger charge is -2.33. The van der Waals surface area contributed by atoms with Crippen LogP contribution in [0.15, 0.2) is 29.2 Å². The SMILES string of the molecule is Cc1cccc(SC2C[C@H]3CC[C@@H](C2)[NH+]3C)c1. The van der Waals surface area contributed by atoms with E-state index in [1.54, 1.807) is 0 Å². The van der Waals surface area contributed by atoms with E-state index in [0.717, 1.165) is 17.3 Å². The van der Waals surface area contributed by atoms with E-state index in [1.807, 2.05) is 4.90 Å². The lowest BCUT2D eigenvalue weighted by atomic mass is 10.0. The summed E-state index contributed by atoms with van der Waals surface area (Å²) in [5.74, 6) is 0. The van der Waals surface area contributed by atoms with E-state index in [-0.39, 0.29) is 0 Å². The molecule has 0 radical (unpaired) electrons. The van der Waals surface area contributed by atoms with Crippen molar-refractivity contribution >= 4 is 11.8 Å². The van der Waals surface area contributed by atoms with Gasteiger partial charge in [-0.1, -0.05) is 17.7 Å². The first-order valence-corrected chi connectivity index (χ1v) is 7.67. The van der Waals surface area contributed by atoms with Crippen LogP contribution in [0.1, 0.15) is 31.2 Å². The fraction of sp³-hybridized carbons (Fsp3) is 0.600. The van der Waals surface area contributed by atoms with E-state index in [4.69, 9.17) is 0 Å². The van der Waals surface area contributed by atoms with Crippen molar-refractivity contribution in [3.63, 3.8) is 0 Å². The maximum absolute atomic E-state index is 2.40. The second-order valence-corrected chi connectivity index (χ2v) is 7.12. The molecule has 2 fully saturated rings. The monoisotopic (exact) mass is 248 g/mol. The van der Waals surface area contributed by atoms with Crippen LogP contribution >= 0.6 is 11.8 Å². The standard InChI is InChI=1S/C15H21NS/c1-11-4-3-5-14(8-11)17-15-9-12-6-7-13(10-15)16(12)2/h3-5,8,12-13,15H,6-7,9-10H2,1-2H3/p+1/t12-,13+,15?. The van der Waals surface area contributed by atoms with Crippen LogP contribution in [0.2, 0.25) is 0 Å². The average molecular weight is 248 g/mol. The third kappa shape index (κ3) is 2.38. The smallest absolute Gasteiger partial charge is 0.0887 e. The minimum absolute atomic E-state index is 0.859. The molecule has 92 valence electrons. The number of nitrogens with one attached hydrogen (secondary N) is 1. The lowest BCUT2D eigenvalue weighted by molar-refractivity contribution is -0.921. The van der Waals surface area contributed by atoms with Crippen LogP contribution in [-0.2, 0) is 0 Å². The quantitative estimate of drug-likeness (QED) is 0.841. The van der Waals surface area contributed by atoms with Gasteiger partial charge in [-0.25, -0.2) is 0 Å². The van der Waals surface area contributed by atoms with Gasteiger partial charge >= 0.3 is 0 Å². The van der Waals surface area contributed by atoms with Crippen LogP contribution in [-0.4, -0.2) is 24.4 Å². The number of quaternary nitrogens is 1. The first-order valence-electron chi connectivity index (χ1n) is 6.79. The van der Waals surface area contributed by atoms with Gasteiger partial charge in [-0.15, -0.1) is 11.8 Å². The summed E-state index contributed by atoms with van der Waals surface area (Å²) in [6.45, 7) is 2.19. The molecule has 2 aliphatic rings. The molecule has 3 rings (SSSR count). The molecule has 2 heterocycles. The predicted molar refractivity (Wildman–Crippen MR) is 73.8 cm³/mol. The van der Waals surface area contributed by atoms with Crippen molar-refractivity contribution in [1.82, 2.24) is 0 Å². The Kier molecular flexibility index (Phi) is 3.18. The fourth-order valence-electron chi connectivity index (χ4n) is 3.51. The Morgan fingerprint density at radius 1 is 1.18 bits per heavy atom. The Morgan fingerprint density at radius 2 is 1.88 bits per heavy atom. The van der Waals surface area contributed by atoms with Gasteiger partial charge in [0.2, 0.25) is 0 Å². The summed E-state index contributed by atoms with van der Waals surface area (Å²) in [6.07, 6.45) is 5.75. The van der Waals surface area contributed by atoms with E-state index in [1.165, 1.54) is 36.1 Å². The highest BCUT2D eigenvalue weighted by Crippen LogP contribution is 2.34. The number of benzene rings is 1. The van der Waals surface area contributed by atoms with Crippen molar-refractivity contribution in [2.45, 2.75) is 54.8 Å². The Morgan fingerprint density at radius 3 is 2.53 bits per heavy atom.